The van der Waals surface area contributed by atoms with Gasteiger partial charge in [-0.3, -0.25) is 9.59 Å². The molecule has 2 atom stereocenters. The van der Waals surface area contributed by atoms with Gasteiger partial charge in [-0.2, -0.15) is 5.10 Å². The molecule has 7 heteroatoms. The molecule has 20 heavy (non-hydrogen) atoms. The minimum Gasteiger partial charge on any atom is -0.481 e. The summed E-state index contributed by atoms with van der Waals surface area (Å²) in [7, 11) is 0. The number of nitrogens with zero attached hydrogens (tertiary/aromatic N) is 3. The van der Waals surface area contributed by atoms with E-state index in [0.717, 1.165) is 0 Å². The van der Waals surface area contributed by atoms with Gasteiger partial charge in [0, 0.05) is 0 Å². The maximum absolute atomic E-state index is 12.0. The fraction of sp³-hybridized carbons (Fsp3) is 0.231. The summed E-state index contributed by atoms with van der Waals surface area (Å²) in [5, 5.41) is 15.6. The number of amides is 1. The Morgan fingerprint density at radius 3 is 2.75 bits per heavy atom. The van der Waals surface area contributed by atoms with E-state index in [1.807, 2.05) is 6.07 Å². The second kappa shape index (κ2) is 4.76. The zero-order chi connectivity index (χ0) is 14.1. The maximum Gasteiger partial charge on any atom is 0.307 e. The van der Waals surface area contributed by atoms with Gasteiger partial charge in [0.25, 0.3) is 0 Å². The first-order valence-electron chi connectivity index (χ1n) is 6.14. The molecule has 0 radical (unpaired) electrons. The third kappa shape index (κ3) is 2.25. The van der Waals surface area contributed by atoms with Gasteiger partial charge in [0.05, 0.1) is 23.2 Å². The van der Waals surface area contributed by atoms with Crippen LogP contribution in [-0.4, -0.2) is 31.7 Å². The minimum atomic E-state index is -0.922. The number of benzene rings is 1. The van der Waals surface area contributed by atoms with Gasteiger partial charge in [0.2, 0.25) is 5.91 Å². The molecule has 0 spiro atoms. The van der Waals surface area contributed by atoms with Crippen molar-refractivity contribution < 1.29 is 14.7 Å². The highest BCUT2D eigenvalue weighted by Gasteiger charge is 2.48. The molecule has 1 amide bonds. The Morgan fingerprint density at radius 2 is 2.10 bits per heavy atom. The average Bonchev–Trinajstić information content (AvgIpc) is 3.08. The topological polar surface area (TPSA) is 97.1 Å². The molecule has 2 N–H and O–H groups in total. The number of carbonyl (C=O) groups is 2. The number of carboxylic acids is 1. The van der Waals surface area contributed by atoms with Crippen LogP contribution in [0.5, 0.6) is 0 Å². The van der Waals surface area contributed by atoms with Crippen LogP contribution in [0.3, 0.4) is 0 Å². The molecule has 1 saturated carbocycles. The Kier molecular flexibility index (Phi) is 2.94. The molecule has 102 valence electrons. The van der Waals surface area contributed by atoms with Gasteiger partial charge in [0.1, 0.15) is 12.7 Å². The van der Waals surface area contributed by atoms with E-state index in [1.54, 1.807) is 18.2 Å². The molecule has 0 aliphatic heterocycles. The Labute approximate surface area is 114 Å². The zero-order valence-electron chi connectivity index (χ0n) is 10.4. The Balaban J connectivity index is 1.79. The molecule has 1 aromatic heterocycles. The Morgan fingerprint density at radius 1 is 1.30 bits per heavy atom. The zero-order valence-corrected chi connectivity index (χ0v) is 10.4. The molecule has 1 aliphatic rings. The number of rotatable bonds is 4. The molecular formula is C13H12N4O3. The molecule has 1 aromatic carbocycles. The lowest BCUT2D eigenvalue weighted by molar-refractivity contribution is -0.139. The third-order valence-electron chi connectivity index (χ3n) is 3.27. The lowest BCUT2D eigenvalue weighted by atomic mass is 10.2. The summed E-state index contributed by atoms with van der Waals surface area (Å²) in [6.45, 7) is 0. The van der Waals surface area contributed by atoms with Gasteiger partial charge in [-0.05, 0) is 18.6 Å². The third-order valence-corrected chi connectivity index (χ3v) is 3.27. The van der Waals surface area contributed by atoms with Crippen LogP contribution in [0.4, 0.5) is 5.69 Å². The van der Waals surface area contributed by atoms with E-state index in [9.17, 15) is 9.59 Å². The first-order chi connectivity index (χ1) is 9.66. The number of carbonyl (C=O) groups excluding carboxylic acids is 1. The maximum atomic E-state index is 12.0. The van der Waals surface area contributed by atoms with E-state index in [4.69, 9.17) is 5.11 Å². The predicted octanol–water partition coefficient (Wildman–Crippen LogP) is 0.927. The molecule has 1 aliphatic carbocycles. The summed E-state index contributed by atoms with van der Waals surface area (Å²) in [5.41, 5.74) is 1.27. The van der Waals surface area contributed by atoms with E-state index in [2.05, 4.69) is 15.4 Å². The van der Waals surface area contributed by atoms with E-state index in [0.29, 0.717) is 17.8 Å². The molecule has 7 nitrogen and oxygen atoms in total. The molecule has 2 aromatic rings. The largest absolute Gasteiger partial charge is 0.481 e. The number of aromatic nitrogens is 3. The standard InChI is InChI=1S/C13H12N4O3/c18-12(8-5-9(8)13(19)20)16-10-3-1-2-4-11(10)17-7-14-6-15-17/h1-4,6-9H,5H2,(H,16,18)(H,19,20)/t8-,9+/m1/s1. The molecule has 0 unspecified atom stereocenters. The fourth-order valence-corrected chi connectivity index (χ4v) is 2.09. The van der Waals surface area contributed by atoms with E-state index in [1.165, 1.54) is 17.3 Å². The normalized spacial score (nSPS) is 20.4. The van der Waals surface area contributed by atoms with Crippen molar-refractivity contribution in [1.82, 2.24) is 14.8 Å². The second-order valence-corrected chi connectivity index (χ2v) is 4.63. The summed E-state index contributed by atoms with van der Waals surface area (Å²) in [4.78, 5) is 26.6. The number of anilines is 1. The van der Waals surface area contributed by atoms with E-state index < -0.39 is 17.8 Å². The number of hydrogen-bond acceptors (Lipinski definition) is 4. The van der Waals surface area contributed by atoms with Crippen molar-refractivity contribution in [3.63, 3.8) is 0 Å². The van der Waals surface area contributed by atoms with Gasteiger partial charge < -0.3 is 10.4 Å². The van der Waals surface area contributed by atoms with Gasteiger partial charge in [-0.1, -0.05) is 12.1 Å². The molecule has 0 saturated heterocycles. The minimum absolute atomic E-state index is 0.273. The number of hydrogen-bond donors (Lipinski definition) is 2. The van der Waals surface area contributed by atoms with Crippen molar-refractivity contribution in [2.24, 2.45) is 11.8 Å². The lowest BCUT2D eigenvalue weighted by Gasteiger charge is -2.10. The summed E-state index contributed by atoms with van der Waals surface area (Å²) >= 11 is 0. The summed E-state index contributed by atoms with van der Waals surface area (Å²) < 4.78 is 1.54. The summed E-state index contributed by atoms with van der Waals surface area (Å²) in [6.07, 6.45) is 3.33. The first-order valence-corrected chi connectivity index (χ1v) is 6.14. The van der Waals surface area contributed by atoms with Crippen molar-refractivity contribution >= 4 is 17.6 Å². The SMILES string of the molecule is O=C(O)[C@H]1C[C@H]1C(=O)Nc1ccccc1-n1cncn1. The Bertz CT molecular complexity index is 653. The van der Waals surface area contributed by atoms with Crippen LogP contribution < -0.4 is 5.32 Å². The fourth-order valence-electron chi connectivity index (χ4n) is 2.09. The molecule has 0 bridgehead atoms. The van der Waals surface area contributed by atoms with Crippen LogP contribution >= 0.6 is 0 Å². The average molecular weight is 272 g/mol. The quantitative estimate of drug-likeness (QED) is 0.862. The summed E-state index contributed by atoms with van der Waals surface area (Å²) in [5.74, 6) is -2.20. The van der Waals surface area contributed by atoms with Crippen molar-refractivity contribution in [1.29, 1.82) is 0 Å². The first kappa shape index (κ1) is 12.3. The van der Waals surface area contributed by atoms with Crippen molar-refractivity contribution in [2.45, 2.75) is 6.42 Å². The number of carboxylic acid groups (broad SMARTS) is 1. The van der Waals surface area contributed by atoms with Crippen molar-refractivity contribution in [2.75, 3.05) is 5.32 Å². The highest BCUT2D eigenvalue weighted by Crippen LogP contribution is 2.39. The summed E-state index contributed by atoms with van der Waals surface area (Å²) in [6, 6.07) is 7.15. The molecule has 3 rings (SSSR count). The molecule has 1 fully saturated rings. The van der Waals surface area contributed by atoms with Gasteiger partial charge in [-0.25, -0.2) is 9.67 Å². The second-order valence-electron chi connectivity index (χ2n) is 4.63. The van der Waals surface area contributed by atoms with Gasteiger partial charge >= 0.3 is 5.97 Å². The molecule has 1 heterocycles. The molecular weight excluding hydrogens is 260 g/mol. The van der Waals surface area contributed by atoms with Crippen LogP contribution in [-0.2, 0) is 9.59 Å². The smallest absolute Gasteiger partial charge is 0.307 e. The van der Waals surface area contributed by atoms with Gasteiger partial charge in [-0.15, -0.1) is 0 Å². The van der Waals surface area contributed by atoms with E-state index in [-0.39, 0.29) is 5.91 Å². The van der Waals surface area contributed by atoms with Crippen LogP contribution in [0.25, 0.3) is 5.69 Å². The van der Waals surface area contributed by atoms with Crippen LogP contribution in [0.1, 0.15) is 6.42 Å². The van der Waals surface area contributed by atoms with Crippen LogP contribution in [0.2, 0.25) is 0 Å². The highest BCUT2D eigenvalue weighted by atomic mass is 16.4. The van der Waals surface area contributed by atoms with Crippen LogP contribution in [0, 0.1) is 11.8 Å². The van der Waals surface area contributed by atoms with E-state index >= 15 is 0 Å². The number of nitrogens with one attached hydrogen (secondary N) is 1. The highest BCUT2D eigenvalue weighted by molar-refractivity contribution is 5.99. The monoisotopic (exact) mass is 272 g/mol. The van der Waals surface area contributed by atoms with Gasteiger partial charge in [0.15, 0.2) is 0 Å². The Hall–Kier alpha value is -2.70. The number of aliphatic carboxylic acids is 1. The van der Waals surface area contributed by atoms with Crippen molar-refractivity contribution in [3.8, 4) is 5.69 Å². The van der Waals surface area contributed by atoms with Crippen LogP contribution in [0.15, 0.2) is 36.9 Å². The number of para-hydroxylation sites is 2. The lowest BCUT2D eigenvalue weighted by Crippen LogP contribution is -2.18. The van der Waals surface area contributed by atoms with Crippen molar-refractivity contribution in [3.05, 3.63) is 36.9 Å². The predicted molar refractivity (Wildman–Crippen MR) is 69.2 cm³/mol.